The molecule has 1 aliphatic rings. The number of esters is 1. The quantitative estimate of drug-likeness (QED) is 0.170. The van der Waals surface area contributed by atoms with Crippen molar-refractivity contribution in [3.63, 3.8) is 0 Å². The topological polar surface area (TPSA) is 103 Å². The highest BCUT2D eigenvalue weighted by Crippen LogP contribution is 2.30. The third-order valence-electron chi connectivity index (χ3n) is 4.79. The summed E-state index contributed by atoms with van der Waals surface area (Å²) in [5.74, 6) is -0.612. The first-order valence-electron chi connectivity index (χ1n) is 9.68. The monoisotopic (exact) mass is 409 g/mol. The number of benzene rings is 1. The van der Waals surface area contributed by atoms with Crippen LogP contribution in [-0.2, 0) is 25.6 Å². The molecule has 0 aromatic heterocycles. The smallest absolute Gasteiger partial charge is 0.309 e. The number of hydrogen-bond acceptors (Lipinski definition) is 6. The number of halogens is 1. The number of methoxy groups -OCH3 is 1. The van der Waals surface area contributed by atoms with E-state index in [-0.39, 0.29) is 36.8 Å². The average Bonchev–Trinajstić information content (AvgIpc) is 3.08. The van der Waals surface area contributed by atoms with Crippen LogP contribution in [0, 0.1) is 17.7 Å². The Morgan fingerprint density at radius 3 is 2.83 bits per heavy atom. The Morgan fingerprint density at radius 1 is 1.38 bits per heavy atom. The van der Waals surface area contributed by atoms with Gasteiger partial charge in [-0.15, -0.1) is 0 Å². The van der Waals surface area contributed by atoms with E-state index >= 15 is 0 Å². The van der Waals surface area contributed by atoms with Crippen molar-refractivity contribution in [1.29, 1.82) is 0 Å². The minimum absolute atomic E-state index is 0.0915. The molecule has 0 saturated carbocycles. The van der Waals surface area contributed by atoms with Crippen molar-refractivity contribution in [2.45, 2.75) is 45.4 Å². The van der Waals surface area contributed by atoms with Gasteiger partial charge >= 0.3 is 5.97 Å². The molecule has 1 saturated heterocycles. The normalized spacial score (nSPS) is 19.7. The second-order valence-electron chi connectivity index (χ2n) is 7.31. The van der Waals surface area contributed by atoms with Gasteiger partial charge in [0, 0.05) is 25.0 Å². The van der Waals surface area contributed by atoms with Crippen LogP contribution in [0.25, 0.3) is 10.4 Å². The number of azide groups is 1. The molecule has 0 amide bonds. The molecule has 1 heterocycles. The molecule has 160 valence electrons. The molecule has 0 bridgehead atoms. The lowest BCUT2D eigenvalue weighted by molar-refractivity contribution is -0.146. The third-order valence-corrected chi connectivity index (χ3v) is 4.79. The summed E-state index contributed by atoms with van der Waals surface area (Å²) in [6.07, 6.45) is 0.653. The lowest BCUT2D eigenvalue weighted by Gasteiger charge is -2.18. The summed E-state index contributed by atoms with van der Waals surface area (Å²) in [7, 11) is 1.59. The van der Waals surface area contributed by atoms with E-state index in [0.29, 0.717) is 26.1 Å². The number of carbonyl (C=O) groups excluding carboxylic acids is 1. The first-order valence-corrected chi connectivity index (χ1v) is 9.68. The maximum Gasteiger partial charge on any atom is 0.309 e. The molecule has 0 aliphatic carbocycles. The maximum absolute atomic E-state index is 13.9. The number of carbonyl (C=O) groups is 1. The Labute approximate surface area is 169 Å². The highest BCUT2D eigenvalue weighted by atomic mass is 19.1. The average molecular weight is 409 g/mol. The zero-order chi connectivity index (χ0) is 21.2. The summed E-state index contributed by atoms with van der Waals surface area (Å²) in [4.78, 5) is 14.8. The fourth-order valence-corrected chi connectivity index (χ4v) is 3.12. The van der Waals surface area contributed by atoms with Gasteiger partial charge in [-0.05, 0) is 35.6 Å². The lowest BCUT2D eigenvalue weighted by atomic mass is 9.91. The fourth-order valence-electron chi connectivity index (χ4n) is 3.12. The third kappa shape index (κ3) is 6.88. The molecular formula is C20H28FN3O5. The van der Waals surface area contributed by atoms with Crippen molar-refractivity contribution in [1.82, 2.24) is 0 Å². The highest BCUT2D eigenvalue weighted by molar-refractivity contribution is 5.75. The number of hydrogen-bond donors (Lipinski definition) is 0. The van der Waals surface area contributed by atoms with Gasteiger partial charge < -0.3 is 18.9 Å². The van der Waals surface area contributed by atoms with Crippen LogP contribution in [0.2, 0.25) is 0 Å². The van der Waals surface area contributed by atoms with Gasteiger partial charge in [-0.3, -0.25) is 4.79 Å². The van der Waals surface area contributed by atoms with Gasteiger partial charge in [0.15, 0.2) is 11.6 Å². The van der Waals surface area contributed by atoms with Crippen LogP contribution in [0.1, 0.15) is 32.3 Å². The predicted molar refractivity (Wildman–Crippen MR) is 104 cm³/mol. The van der Waals surface area contributed by atoms with Crippen LogP contribution < -0.4 is 4.74 Å². The van der Waals surface area contributed by atoms with Gasteiger partial charge in [0.05, 0.1) is 31.8 Å². The standard InChI is InChI=1S/C20H28FN3O5/c1-13(2)15-10-19(29-20(15)25)17(23-24-22)12-27-11-14-5-6-16(21)18(9-14)28-8-4-7-26-3/h5-6,9,13,15,17,19H,4,7-8,10-12H2,1-3H3. The molecular weight excluding hydrogens is 381 g/mol. The molecule has 1 aromatic rings. The molecule has 3 atom stereocenters. The van der Waals surface area contributed by atoms with E-state index in [1.54, 1.807) is 19.2 Å². The molecule has 8 nitrogen and oxygen atoms in total. The number of cyclic esters (lactones) is 1. The Balaban J connectivity index is 1.89. The summed E-state index contributed by atoms with van der Waals surface area (Å²) >= 11 is 0. The molecule has 0 N–H and O–H groups in total. The first kappa shape index (κ1) is 22.9. The van der Waals surface area contributed by atoms with Crippen LogP contribution in [0.3, 0.4) is 0 Å². The molecule has 2 rings (SSSR count). The van der Waals surface area contributed by atoms with Crippen LogP contribution >= 0.6 is 0 Å². The van der Waals surface area contributed by atoms with E-state index in [2.05, 4.69) is 10.0 Å². The van der Waals surface area contributed by atoms with Crippen molar-refractivity contribution < 1.29 is 28.1 Å². The first-order chi connectivity index (χ1) is 14.0. The molecule has 0 radical (unpaired) electrons. The van der Waals surface area contributed by atoms with Crippen molar-refractivity contribution in [2.75, 3.05) is 26.9 Å². The van der Waals surface area contributed by atoms with Gasteiger partial charge in [0.1, 0.15) is 6.10 Å². The molecule has 3 unspecified atom stereocenters. The summed E-state index contributed by atoms with van der Waals surface area (Å²) in [5, 5.41) is 3.74. The highest BCUT2D eigenvalue weighted by Gasteiger charge is 2.40. The van der Waals surface area contributed by atoms with Crippen LogP contribution in [0.5, 0.6) is 5.75 Å². The van der Waals surface area contributed by atoms with Gasteiger partial charge in [-0.2, -0.15) is 0 Å². The minimum Gasteiger partial charge on any atom is -0.490 e. The molecule has 9 heteroatoms. The number of ether oxygens (including phenoxy) is 4. The minimum atomic E-state index is -0.613. The predicted octanol–water partition coefficient (Wildman–Crippen LogP) is 4.02. The zero-order valence-electron chi connectivity index (χ0n) is 17.0. The largest absolute Gasteiger partial charge is 0.490 e. The van der Waals surface area contributed by atoms with Crippen LogP contribution in [0.15, 0.2) is 23.3 Å². The van der Waals surface area contributed by atoms with Crippen LogP contribution in [0.4, 0.5) is 4.39 Å². The summed E-state index contributed by atoms with van der Waals surface area (Å²) in [6.45, 7) is 5.06. The molecule has 1 aromatic carbocycles. The summed E-state index contributed by atoms with van der Waals surface area (Å²) in [5.41, 5.74) is 9.56. The fraction of sp³-hybridized carbons (Fsp3) is 0.650. The van der Waals surface area contributed by atoms with E-state index in [4.69, 9.17) is 24.5 Å². The zero-order valence-corrected chi connectivity index (χ0v) is 17.0. The van der Waals surface area contributed by atoms with Crippen molar-refractivity contribution in [3.8, 4) is 5.75 Å². The Bertz CT molecular complexity index is 724. The number of nitrogens with zero attached hydrogens (tertiary/aromatic N) is 3. The SMILES string of the molecule is COCCCOc1cc(COCC(N=[N+]=[N-])C2CC(C(C)C)C(=O)O2)ccc1F. The van der Waals surface area contributed by atoms with Gasteiger partial charge in [0.2, 0.25) is 0 Å². The van der Waals surface area contributed by atoms with E-state index < -0.39 is 18.0 Å². The Morgan fingerprint density at radius 2 is 2.17 bits per heavy atom. The summed E-state index contributed by atoms with van der Waals surface area (Å²) < 4.78 is 35.3. The van der Waals surface area contributed by atoms with Crippen molar-refractivity contribution in [3.05, 3.63) is 40.0 Å². The van der Waals surface area contributed by atoms with Crippen molar-refractivity contribution in [2.24, 2.45) is 17.0 Å². The van der Waals surface area contributed by atoms with Gasteiger partial charge in [0.25, 0.3) is 0 Å². The van der Waals surface area contributed by atoms with Crippen LogP contribution in [-0.4, -0.2) is 45.0 Å². The van der Waals surface area contributed by atoms with Gasteiger partial charge in [-0.1, -0.05) is 25.0 Å². The van der Waals surface area contributed by atoms with Crippen molar-refractivity contribution >= 4 is 5.97 Å². The summed E-state index contributed by atoms with van der Waals surface area (Å²) in [6, 6.07) is 3.89. The second-order valence-corrected chi connectivity index (χ2v) is 7.31. The second kappa shape index (κ2) is 11.6. The van der Waals surface area contributed by atoms with E-state index in [1.165, 1.54) is 6.07 Å². The van der Waals surface area contributed by atoms with Gasteiger partial charge in [-0.25, -0.2) is 4.39 Å². The molecule has 0 spiro atoms. The molecule has 1 fully saturated rings. The molecule has 1 aliphatic heterocycles. The van der Waals surface area contributed by atoms with E-state index in [1.807, 2.05) is 13.8 Å². The van der Waals surface area contributed by atoms with E-state index in [9.17, 15) is 9.18 Å². The maximum atomic E-state index is 13.9. The Hall–Kier alpha value is -2.35. The lowest BCUT2D eigenvalue weighted by Crippen LogP contribution is -2.28. The van der Waals surface area contributed by atoms with E-state index in [0.717, 1.165) is 5.56 Å². The Kier molecular flexibility index (Phi) is 9.18. The molecule has 29 heavy (non-hydrogen) atoms. The number of rotatable bonds is 12.